The van der Waals surface area contributed by atoms with Gasteiger partial charge in [0.2, 0.25) is 5.43 Å². The number of fused-ring (bicyclic) bond motifs is 1. The molecule has 1 aromatic carbocycles. The molecule has 5 nitrogen and oxygen atoms in total. The fraction of sp³-hybridized carbons (Fsp3) is 0.263. The first kappa shape index (κ1) is 16.1. The highest BCUT2D eigenvalue weighted by atomic mass is 16.3. The predicted molar refractivity (Wildman–Crippen MR) is 90.8 cm³/mol. The number of carbonyl (C=O) groups excluding carboxylic acids is 1. The van der Waals surface area contributed by atoms with Gasteiger partial charge in [0.15, 0.2) is 0 Å². The molecule has 0 N–H and O–H groups in total. The summed E-state index contributed by atoms with van der Waals surface area (Å²) in [5.74, 6) is -0.316. The van der Waals surface area contributed by atoms with Crippen molar-refractivity contribution in [3.05, 3.63) is 70.5 Å². The smallest absolute Gasteiger partial charge is 0.261 e. The molecule has 2 heterocycles. The quantitative estimate of drug-likeness (QED) is 0.691. The van der Waals surface area contributed by atoms with E-state index in [2.05, 4.69) is 6.92 Å². The third kappa shape index (κ3) is 3.25. The van der Waals surface area contributed by atoms with Crippen molar-refractivity contribution < 1.29 is 13.6 Å². The third-order valence-corrected chi connectivity index (χ3v) is 3.93. The second kappa shape index (κ2) is 7.17. The molecule has 0 fully saturated rings. The van der Waals surface area contributed by atoms with Gasteiger partial charge in [-0.2, -0.15) is 0 Å². The van der Waals surface area contributed by atoms with Crippen LogP contribution < -0.4 is 5.43 Å². The Bertz CT molecular complexity index is 880. The van der Waals surface area contributed by atoms with Gasteiger partial charge in [0.25, 0.3) is 5.91 Å². The summed E-state index contributed by atoms with van der Waals surface area (Å²) in [5, 5.41) is 0.419. The zero-order valence-electron chi connectivity index (χ0n) is 13.5. The lowest BCUT2D eigenvalue weighted by Gasteiger charge is -2.21. The molecule has 5 heteroatoms. The van der Waals surface area contributed by atoms with E-state index in [1.165, 1.54) is 6.26 Å². The van der Waals surface area contributed by atoms with Gasteiger partial charge in [-0.25, -0.2) is 0 Å². The second-order valence-electron chi connectivity index (χ2n) is 5.69. The molecule has 124 valence electrons. The summed E-state index contributed by atoms with van der Waals surface area (Å²) in [6.07, 6.45) is 6.27. The summed E-state index contributed by atoms with van der Waals surface area (Å²) in [6.45, 7) is 3.04. The number of benzene rings is 1. The lowest BCUT2D eigenvalue weighted by molar-refractivity contribution is 0.0737. The van der Waals surface area contributed by atoms with Gasteiger partial charge in [-0.15, -0.1) is 0 Å². The maximum absolute atomic E-state index is 12.9. The van der Waals surface area contributed by atoms with Crippen LogP contribution in [0.5, 0.6) is 0 Å². The highest BCUT2D eigenvalue weighted by Gasteiger charge is 2.21. The average molecular weight is 325 g/mol. The predicted octanol–water partition coefficient (Wildman–Crippen LogP) is 3.83. The number of unbranched alkanes of at least 4 members (excludes halogenated alkanes) is 1. The van der Waals surface area contributed by atoms with Crippen LogP contribution in [0.4, 0.5) is 0 Å². The van der Waals surface area contributed by atoms with E-state index < -0.39 is 0 Å². The van der Waals surface area contributed by atoms with Crippen LogP contribution in [-0.4, -0.2) is 17.4 Å². The van der Waals surface area contributed by atoms with Crippen LogP contribution in [0.3, 0.4) is 0 Å². The van der Waals surface area contributed by atoms with E-state index in [9.17, 15) is 9.59 Å². The molecular weight excluding hydrogens is 306 g/mol. The van der Waals surface area contributed by atoms with Crippen LogP contribution in [0, 0.1) is 0 Å². The van der Waals surface area contributed by atoms with Gasteiger partial charge in [-0.3, -0.25) is 9.59 Å². The summed E-state index contributed by atoms with van der Waals surface area (Å²) in [7, 11) is 0. The van der Waals surface area contributed by atoms with Crippen molar-refractivity contribution >= 4 is 16.9 Å². The first-order valence-electron chi connectivity index (χ1n) is 8.01. The molecule has 0 aliphatic rings. The van der Waals surface area contributed by atoms with Gasteiger partial charge in [0, 0.05) is 18.7 Å². The highest BCUT2D eigenvalue weighted by Crippen LogP contribution is 2.14. The fourth-order valence-electron chi connectivity index (χ4n) is 2.60. The number of rotatable bonds is 6. The molecule has 3 rings (SSSR count). The number of carbonyl (C=O) groups is 1. The zero-order valence-corrected chi connectivity index (χ0v) is 13.5. The summed E-state index contributed by atoms with van der Waals surface area (Å²) in [5.41, 5.74) is 1.14. The summed E-state index contributed by atoms with van der Waals surface area (Å²) in [4.78, 5) is 27.2. The standard InChI is InChI=1S/C19H19NO4/c1-2-3-9-20(11-14-8-10-23-12-14)19(22)16-13-24-17-7-5-4-6-15(17)18(16)21/h4-8,10,12-13H,2-3,9,11H2,1H3. The molecular formula is C19H19NO4. The normalized spacial score (nSPS) is 10.9. The molecule has 0 unspecified atom stereocenters. The topological polar surface area (TPSA) is 63.7 Å². The number of amides is 1. The van der Waals surface area contributed by atoms with Crippen LogP contribution in [0.2, 0.25) is 0 Å². The molecule has 1 amide bonds. The molecule has 0 saturated heterocycles. The van der Waals surface area contributed by atoms with Crippen LogP contribution in [0.1, 0.15) is 35.7 Å². The van der Waals surface area contributed by atoms with Crippen LogP contribution in [-0.2, 0) is 6.54 Å². The Morgan fingerprint density at radius 1 is 1.17 bits per heavy atom. The van der Waals surface area contributed by atoms with Gasteiger partial charge in [0.05, 0.1) is 17.9 Å². The molecule has 0 bridgehead atoms. The molecule has 0 saturated carbocycles. The highest BCUT2D eigenvalue weighted by molar-refractivity contribution is 5.96. The Balaban J connectivity index is 1.94. The van der Waals surface area contributed by atoms with Crippen molar-refractivity contribution in [2.24, 2.45) is 0 Å². The van der Waals surface area contributed by atoms with Gasteiger partial charge in [-0.05, 0) is 24.6 Å². The Morgan fingerprint density at radius 2 is 2.00 bits per heavy atom. The van der Waals surface area contributed by atoms with E-state index in [1.54, 1.807) is 41.7 Å². The summed E-state index contributed by atoms with van der Waals surface area (Å²) >= 11 is 0. The van der Waals surface area contributed by atoms with Crippen molar-refractivity contribution in [1.82, 2.24) is 4.90 Å². The van der Waals surface area contributed by atoms with E-state index in [0.717, 1.165) is 18.4 Å². The van der Waals surface area contributed by atoms with Crippen molar-refractivity contribution in [2.45, 2.75) is 26.3 Å². The molecule has 0 spiro atoms. The number of hydrogen-bond acceptors (Lipinski definition) is 4. The second-order valence-corrected chi connectivity index (χ2v) is 5.69. The van der Waals surface area contributed by atoms with Crippen molar-refractivity contribution in [3.63, 3.8) is 0 Å². The van der Waals surface area contributed by atoms with Gasteiger partial charge < -0.3 is 13.7 Å². The maximum Gasteiger partial charge on any atom is 0.261 e. The largest absolute Gasteiger partial charge is 0.472 e. The van der Waals surface area contributed by atoms with Crippen molar-refractivity contribution in [2.75, 3.05) is 6.54 Å². The summed E-state index contributed by atoms with van der Waals surface area (Å²) < 4.78 is 10.5. The fourth-order valence-corrected chi connectivity index (χ4v) is 2.60. The molecule has 0 aliphatic heterocycles. The minimum absolute atomic E-state index is 0.0632. The minimum Gasteiger partial charge on any atom is -0.472 e. The molecule has 0 aliphatic carbocycles. The summed E-state index contributed by atoms with van der Waals surface area (Å²) in [6, 6.07) is 8.75. The van der Waals surface area contributed by atoms with Gasteiger partial charge in [0.1, 0.15) is 17.4 Å². The van der Waals surface area contributed by atoms with E-state index >= 15 is 0 Å². The van der Waals surface area contributed by atoms with E-state index in [0.29, 0.717) is 24.1 Å². The maximum atomic E-state index is 12.9. The SMILES string of the molecule is CCCCN(Cc1ccoc1)C(=O)c1coc2ccccc2c1=O. The van der Waals surface area contributed by atoms with E-state index in [4.69, 9.17) is 8.83 Å². The molecule has 2 aromatic heterocycles. The Morgan fingerprint density at radius 3 is 2.75 bits per heavy atom. The monoisotopic (exact) mass is 325 g/mol. The van der Waals surface area contributed by atoms with Crippen LogP contribution in [0.15, 0.2) is 62.8 Å². The van der Waals surface area contributed by atoms with E-state index in [-0.39, 0.29) is 16.9 Å². The Kier molecular flexibility index (Phi) is 4.79. The number of para-hydroxylation sites is 1. The number of hydrogen-bond donors (Lipinski definition) is 0. The Hall–Kier alpha value is -2.82. The molecule has 0 radical (unpaired) electrons. The molecule has 24 heavy (non-hydrogen) atoms. The number of nitrogens with zero attached hydrogens (tertiary/aromatic N) is 1. The minimum atomic E-state index is -0.316. The van der Waals surface area contributed by atoms with Crippen LogP contribution in [0.25, 0.3) is 11.0 Å². The molecule has 0 atom stereocenters. The molecule has 3 aromatic rings. The zero-order chi connectivity index (χ0) is 16.9. The average Bonchev–Trinajstić information content (AvgIpc) is 3.12. The van der Waals surface area contributed by atoms with Crippen molar-refractivity contribution in [1.29, 1.82) is 0 Å². The lowest BCUT2D eigenvalue weighted by Crippen LogP contribution is -2.34. The first-order valence-corrected chi connectivity index (χ1v) is 8.01. The van der Waals surface area contributed by atoms with Crippen molar-refractivity contribution in [3.8, 4) is 0 Å². The van der Waals surface area contributed by atoms with E-state index in [1.807, 2.05) is 6.07 Å². The first-order chi connectivity index (χ1) is 11.7. The third-order valence-electron chi connectivity index (χ3n) is 3.93. The number of furan rings is 1. The van der Waals surface area contributed by atoms with Crippen LogP contribution >= 0.6 is 0 Å². The Labute approximate surface area is 139 Å². The van der Waals surface area contributed by atoms with Gasteiger partial charge in [-0.1, -0.05) is 25.5 Å². The lowest BCUT2D eigenvalue weighted by atomic mass is 10.1. The van der Waals surface area contributed by atoms with Gasteiger partial charge >= 0.3 is 0 Å².